The molecule has 8 nitrogen and oxygen atoms in total. The van der Waals surface area contributed by atoms with E-state index < -0.39 is 0 Å². The molecule has 1 saturated heterocycles. The molecule has 1 aliphatic rings. The first-order chi connectivity index (χ1) is 12.1. The summed E-state index contributed by atoms with van der Waals surface area (Å²) in [5, 5.41) is 10.6. The Morgan fingerprint density at radius 2 is 2.04 bits per heavy atom. The lowest BCUT2D eigenvalue weighted by Crippen LogP contribution is -2.42. The Hall–Kier alpha value is -2.87. The number of nitrogens with zero attached hydrogens (tertiary/aromatic N) is 5. The van der Waals surface area contributed by atoms with Crippen molar-refractivity contribution >= 4 is 16.9 Å². The van der Waals surface area contributed by atoms with Crippen molar-refractivity contribution in [2.45, 2.75) is 20.0 Å². The Kier molecular flexibility index (Phi) is 3.89. The molecule has 4 rings (SSSR count). The highest BCUT2D eigenvalue weighted by atomic mass is 16.5. The average Bonchev–Trinajstić information content (AvgIpc) is 3.08. The van der Waals surface area contributed by atoms with Crippen LogP contribution in [-0.2, 0) is 4.74 Å². The maximum Gasteiger partial charge on any atom is 0.254 e. The van der Waals surface area contributed by atoms with Crippen LogP contribution in [-0.4, -0.2) is 55.9 Å². The first-order valence-corrected chi connectivity index (χ1v) is 8.14. The zero-order valence-corrected chi connectivity index (χ0v) is 14.1. The van der Waals surface area contributed by atoms with E-state index in [0.29, 0.717) is 36.6 Å². The van der Waals surface area contributed by atoms with Crippen molar-refractivity contribution in [3.63, 3.8) is 0 Å². The van der Waals surface area contributed by atoms with Crippen molar-refractivity contribution in [2.75, 3.05) is 19.7 Å². The molecule has 1 N–H and O–H groups in total. The van der Waals surface area contributed by atoms with Crippen molar-refractivity contribution in [3.05, 3.63) is 47.0 Å². The standard InChI is InChI=1S/C17H18N6O2/c1-10-7-15(19-11(2)18-10)16-9-23(5-6-25-16)17(24)12-3-4-13-14(8-12)21-22-20-13/h3-4,7-8,16H,5-6,9H2,1-2H3,(H,20,21,22)/t16-/m1/s1. The minimum absolute atomic E-state index is 0.0410. The quantitative estimate of drug-likeness (QED) is 0.762. The predicted molar refractivity (Wildman–Crippen MR) is 90.0 cm³/mol. The van der Waals surface area contributed by atoms with Gasteiger partial charge in [-0.2, -0.15) is 15.4 Å². The second-order valence-corrected chi connectivity index (χ2v) is 6.12. The van der Waals surface area contributed by atoms with E-state index in [2.05, 4.69) is 25.4 Å². The number of H-pyrrole nitrogens is 1. The van der Waals surface area contributed by atoms with E-state index in [-0.39, 0.29) is 12.0 Å². The molecule has 1 atom stereocenters. The summed E-state index contributed by atoms with van der Waals surface area (Å²) in [6, 6.07) is 7.23. The van der Waals surface area contributed by atoms with Crippen LogP contribution in [0.15, 0.2) is 24.3 Å². The summed E-state index contributed by atoms with van der Waals surface area (Å²) in [6.07, 6.45) is -0.242. The van der Waals surface area contributed by atoms with Crippen LogP contribution in [0.3, 0.4) is 0 Å². The summed E-state index contributed by atoms with van der Waals surface area (Å²) in [5.74, 6) is 0.666. The number of ether oxygens (including phenoxy) is 1. The van der Waals surface area contributed by atoms with Crippen LogP contribution in [0.1, 0.15) is 33.7 Å². The zero-order chi connectivity index (χ0) is 17.4. The van der Waals surface area contributed by atoms with Gasteiger partial charge in [-0.3, -0.25) is 4.79 Å². The van der Waals surface area contributed by atoms with Crippen LogP contribution >= 0.6 is 0 Å². The molecule has 0 aliphatic carbocycles. The Balaban J connectivity index is 1.56. The van der Waals surface area contributed by atoms with Crippen molar-refractivity contribution in [3.8, 4) is 0 Å². The number of carbonyl (C=O) groups excluding carboxylic acids is 1. The van der Waals surface area contributed by atoms with Gasteiger partial charge in [0.1, 0.15) is 23.0 Å². The fourth-order valence-corrected chi connectivity index (χ4v) is 3.08. The van der Waals surface area contributed by atoms with Gasteiger partial charge < -0.3 is 9.64 Å². The number of amides is 1. The molecule has 1 fully saturated rings. The molecular formula is C17H18N6O2. The van der Waals surface area contributed by atoms with Crippen LogP contribution in [0.4, 0.5) is 0 Å². The van der Waals surface area contributed by atoms with E-state index >= 15 is 0 Å². The number of aryl methyl sites for hydroxylation is 2. The van der Waals surface area contributed by atoms with Gasteiger partial charge in [-0.25, -0.2) is 9.97 Å². The molecule has 0 saturated carbocycles. The molecule has 8 heteroatoms. The van der Waals surface area contributed by atoms with E-state index in [0.717, 1.165) is 16.9 Å². The number of benzene rings is 1. The first-order valence-electron chi connectivity index (χ1n) is 8.14. The summed E-state index contributed by atoms with van der Waals surface area (Å²) in [5.41, 5.74) is 3.72. The smallest absolute Gasteiger partial charge is 0.254 e. The molecule has 0 bridgehead atoms. The maximum atomic E-state index is 12.9. The third-order valence-corrected chi connectivity index (χ3v) is 4.23. The molecule has 3 heterocycles. The second-order valence-electron chi connectivity index (χ2n) is 6.12. The lowest BCUT2D eigenvalue weighted by molar-refractivity contribution is -0.0248. The Bertz CT molecular complexity index is 918. The minimum atomic E-state index is -0.242. The number of fused-ring (bicyclic) bond motifs is 1. The van der Waals surface area contributed by atoms with Gasteiger partial charge in [0.05, 0.1) is 18.8 Å². The predicted octanol–water partition coefficient (Wildman–Crippen LogP) is 1.58. The molecule has 0 unspecified atom stereocenters. The Morgan fingerprint density at radius 1 is 1.20 bits per heavy atom. The number of rotatable bonds is 2. The maximum absolute atomic E-state index is 12.9. The number of hydrogen-bond donors (Lipinski definition) is 1. The van der Waals surface area contributed by atoms with Gasteiger partial charge in [-0.15, -0.1) is 0 Å². The highest BCUT2D eigenvalue weighted by Gasteiger charge is 2.27. The number of hydrogen-bond acceptors (Lipinski definition) is 6. The summed E-state index contributed by atoms with van der Waals surface area (Å²) >= 11 is 0. The zero-order valence-electron chi connectivity index (χ0n) is 14.1. The minimum Gasteiger partial charge on any atom is -0.368 e. The summed E-state index contributed by atoms with van der Waals surface area (Å²) < 4.78 is 5.84. The third kappa shape index (κ3) is 3.08. The van der Waals surface area contributed by atoms with Crippen molar-refractivity contribution in [1.29, 1.82) is 0 Å². The summed E-state index contributed by atoms with van der Waals surface area (Å²) in [6.45, 7) is 5.28. The summed E-state index contributed by atoms with van der Waals surface area (Å²) in [4.78, 5) is 23.4. The van der Waals surface area contributed by atoms with E-state index in [1.807, 2.05) is 19.9 Å². The SMILES string of the molecule is Cc1cc([C@H]2CN(C(=O)c3ccc4n[nH]nc4c3)CCO2)nc(C)n1. The molecular weight excluding hydrogens is 320 g/mol. The van der Waals surface area contributed by atoms with Crippen molar-refractivity contribution in [2.24, 2.45) is 0 Å². The van der Waals surface area contributed by atoms with Gasteiger partial charge in [0.25, 0.3) is 5.91 Å². The normalized spacial score (nSPS) is 17.8. The first kappa shape index (κ1) is 15.6. The van der Waals surface area contributed by atoms with Gasteiger partial charge in [-0.1, -0.05) is 0 Å². The third-order valence-electron chi connectivity index (χ3n) is 4.23. The number of morpholine rings is 1. The molecule has 1 amide bonds. The van der Waals surface area contributed by atoms with E-state index in [1.54, 1.807) is 23.1 Å². The van der Waals surface area contributed by atoms with E-state index in [1.165, 1.54) is 0 Å². The topological polar surface area (TPSA) is 96.9 Å². The largest absolute Gasteiger partial charge is 0.368 e. The number of carbonyl (C=O) groups is 1. The average molecular weight is 338 g/mol. The molecule has 0 radical (unpaired) electrons. The lowest BCUT2D eigenvalue weighted by Gasteiger charge is -2.32. The second kappa shape index (κ2) is 6.21. The molecule has 3 aromatic rings. The molecule has 2 aromatic heterocycles. The monoisotopic (exact) mass is 338 g/mol. The van der Waals surface area contributed by atoms with Crippen LogP contribution in [0.25, 0.3) is 11.0 Å². The van der Waals surface area contributed by atoms with Gasteiger partial charge in [0, 0.05) is 17.8 Å². The highest BCUT2D eigenvalue weighted by molar-refractivity contribution is 5.97. The Morgan fingerprint density at radius 3 is 2.88 bits per heavy atom. The van der Waals surface area contributed by atoms with Gasteiger partial charge in [-0.05, 0) is 38.1 Å². The molecule has 0 spiro atoms. The van der Waals surface area contributed by atoms with Gasteiger partial charge in [0.2, 0.25) is 0 Å². The van der Waals surface area contributed by atoms with Crippen LogP contribution in [0.2, 0.25) is 0 Å². The summed E-state index contributed by atoms with van der Waals surface area (Å²) in [7, 11) is 0. The Labute approximate surface area is 144 Å². The lowest BCUT2D eigenvalue weighted by atomic mass is 10.1. The van der Waals surface area contributed by atoms with Crippen LogP contribution in [0, 0.1) is 13.8 Å². The molecule has 1 aromatic carbocycles. The van der Waals surface area contributed by atoms with Crippen molar-refractivity contribution < 1.29 is 9.53 Å². The highest BCUT2D eigenvalue weighted by Crippen LogP contribution is 2.23. The number of aromatic nitrogens is 5. The van der Waals surface area contributed by atoms with Crippen LogP contribution < -0.4 is 0 Å². The number of aromatic amines is 1. The molecule has 1 aliphatic heterocycles. The van der Waals surface area contributed by atoms with E-state index in [9.17, 15) is 4.79 Å². The fourth-order valence-electron chi connectivity index (χ4n) is 3.08. The molecule has 128 valence electrons. The molecule has 25 heavy (non-hydrogen) atoms. The number of nitrogens with one attached hydrogen (secondary N) is 1. The van der Waals surface area contributed by atoms with Crippen LogP contribution in [0.5, 0.6) is 0 Å². The fraction of sp³-hybridized carbons (Fsp3) is 0.353. The van der Waals surface area contributed by atoms with E-state index in [4.69, 9.17) is 4.74 Å². The van der Waals surface area contributed by atoms with Gasteiger partial charge >= 0.3 is 0 Å². The van der Waals surface area contributed by atoms with Gasteiger partial charge in [0.15, 0.2) is 0 Å². The van der Waals surface area contributed by atoms with Crippen molar-refractivity contribution in [1.82, 2.24) is 30.3 Å².